The lowest BCUT2D eigenvalue weighted by Crippen LogP contribution is -2.18. The molecule has 0 saturated heterocycles. The summed E-state index contributed by atoms with van der Waals surface area (Å²) in [5, 5.41) is 11.7. The molecule has 0 amide bonds. The molecule has 1 nitrogen and oxygen atoms in total. The van der Waals surface area contributed by atoms with Crippen molar-refractivity contribution in [1.82, 2.24) is 0 Å². The Kier molecular flexibility index (Phi) is 2.88. The fraction of sp³-hybridized carbons (Fsp3) is 0.625. The van der Waals surface area contributed by atoms with E-state index in [1.54, 1.807) is 0 Å². The van der Waals surface area contributed by atoms with Crippen LogP contribution in [0.1, 0.15) is 24.8 Å². The smallest absolute Gasteiger partial charge is 0.0614 e. The van der Waals surface area contributed by atoms with Gasteiger partial charge < -0.3 is 5.11 Å². The second kappa shape index (κ2) is 4.38. The molecule has 1 aromatic carbocycles. The van der Waals surface area contributed by atoms with E-state index in [0.717, 1.165) is 29.2 Å². The maximum absolute atomic E-state index is 10.5. The maximum Gasteiger partial charge on any atom is 0.0614 e. The van der Waals surface area contributed by atoms with Gasteiger partial charge >= 0.3 is 0 Å². The molecule has 3 aliphatic carbocycles. The molecule has 3 fully saturated rings. The third-order valence-electron chi connectivity index (χ3n) is 5.67. The highest BCUT2D eigenvalue weighted by Crippen LogP contribution is 2.70. The minimum Gasteiger partial charge on any atom is -0.392 e. The van der Waals surface area contributed by atoms with Crippen LogP contribution < -0.4 is 0 Å². The Hall–Kier alpha value is -0.240. The highest BCUT2D eigenvalue weighted by molar-refractivity contribution is 6.42. The molecule has 0 spiro atoms. The number of benzene rings is 1. The Morgan fingerprint density at radius 3 is 2.42 bits per heavy atom. The number of hydrogen-bond acceptors (Lipinski definition) is 1. The third-order valence-corrected chi connectivity index (χ3v) is 6.41. The van der Waals surface area contributed by atoms with Gasteiger partial charge in [0.25, 0.3) is 0 Å². The summed E-state index contributed by atoms with van der Waals surface area (Å²) in [6.07, 6.45) is 4.76. The zero-order valence-corrected chi connectivity index (χ0v) is 12.2. The molecule has 0 heterocycles. The van der Waals surface area contributed by atoms with Crippen molar-refractivity contribution in [2.24, 2.45) is 29.6 Å². The van der Waals surface area contributed by atoms with E-state index in [1.165, 1.54) is 19.3 Å². The van der Waals surface area contributed by atoms with E-state index in [-0.39, 0.29) is 6.10 Å². The first-order valence-corrected chi connectivity index (χ1v) is 8.02. The maximum atomic E-state index is 10.5. The van der Waals surface area contributed by atoms with Gasteiger partial charge in [0.1, 0.15) is 0 Å². The molecule has 0 radical (unpaired) electrons. The lowest BCUT2D eigenvalue weighted by Gasteiger charge is -2.15. The molecule has 3 saturated carbocycles. The third kappa shape index (κ3) is 1.93. The summed E-state index contributed by atoms with van der Waals surface area (Å²) in [6, 6.07) is 5.69. The number of aliphatic hydroxyl groups excluding tert-OH is 1. The van der Waals surface area contributed by atoms with Crippen molar-refractivity contribution in [3.05, 3.63) is 33.8 Å². The van der Waals surface area contributed by atoms with Gasteiger partial charge in [-0.15, -0.1) is 0 Å². The van der Waals surface area contributed by atoms with Gasteiger partial charge in [0.05, 0.1) is 16.1 Å². The molecule has 2 bridgehead atoms. The van der Waals surface area contributed by atoms with Gasteiger partial charge in [-0.3, -0.25) is 0 Å². The van der Waals surface area contributed by atoms with Crippen molar-refractivity contribution < 1.29 is 5.11 Å². The molecule has 5 unspecified atom stereocenters. The average Bonchev–Trinajstić information content (AvgIpc) is 2.83. The quantitative estimate of drug-likeness (QED) is 0.887. The molecule has 4 rings (SSSR count). The molecule has 19 heavy (non-hydrogen) atoms. The van der Waals surface area contributed by atoms with E-state index in [0.29, 0.717) is 22.4 Å². The van der Waals surface area contributed by atoms with Crippen LogP contribution in [0.2, 0.25) is 10.0 Å². The summed E-state index contributed by atoms with van der Waals surface area (Å²) in [5.74, 6) is 4.06. The summed E-state index contributed by atoms with van der Waals surface area (Å²) < 4.78 is 0. The molecule has 3 aliphatic rings. The summed E-state index contributed by atoms with van der Waals surface area (Å²) in [7, 11) is 0. The molecular weight excluding hydrogens is 279 g/mol. The summed E-state index contributed by atoms with van der Waals surface area (Å²) in [5.41, 5.74) is 1.10. The minimum atomic E-state index is -0.198. The number of aliphatic hydroxyl groups is 1. The van der Waals surface area contributed by atoms with E-state index in [1.807, 2.05) is 18.2 Å². The van der Waals surface area contributed by atoms with Gasteiger partial charge in [0.2, 0.25) is 0 Å². The van der Waals surface area contributed by atoms with Crippen LogP contribution in [0.3, 0.4) is 0 Å². The van der Waals surface area contributed by atoms with Crippen molar-refractivity contribution in [1.29, 1.82) is 0 Å². The van der Waals surface area contributed by atoms with Crippen LogP contribution in [0.4, 0.5) is 0 Å². The molecule has 0 aromatic heterocycles. The lowest BCUT2D eigenvalue weighted by atomic mass is 9.95. The fourth-order valence-corrected chi connectivity index (χ4v) is 5.27. The summed E-state index contributed by atoms with van der Waals surface area (Å²) >= 11 is 12.0. The number of hydrogen-bond donors (Lipinski definition) is 1. The van der Waals surface area contributed by atoms with Gasteiger partial charge in [0, 0.05) is 0 Å². The molecule has 0 aliphatic heterocycles. The SMILES string of the molecule is OC(Cc1ccc(Cl)c(Cl)c1)C1C2C3CCC(C3)C12. The first kappa shape index (κ1) is 12.5. The average molecular weight is 297 g/mol. The van der Waals surface area contributed by atoms with Crippen LogP contribution in [0, 0.1) is 29.6 Å². The monoisotopic (exact) mass is 296 g/mol. The predicted molar refractivity (Wildman–Crippen MR) is 77.5 cm³/mol. The van der Waals surface area contributed by atoms with Crippen molar-refractivity contribution in [3.63, 3.8) is 0 Å². The first-order valence-electron chi connectivity index (χ1n) is 7.27. The van der Waals surface area contributed by atoms with Crippen LogP contribution >= 0.6 is 23.2 Å². The van der Waals surface area contributed by atoms with Gasteiger partial charge in [-0.05, 0) is 73.0 Å². The molecule has 5 atom stereocenters. The van der Waals surface area contributed by atoms with Gasteiger partial charge in [-0.25, -0.2) is 0 Å². The second-order valence-corrected chi connectivity index (χ2v) is 7.40. The van der Waals surface area contributed by atoms with E-state index in [2.05, 4.69) is 0 Å². The van der Waals surface area contributed by atoms with Crippen molar-refractivity contribution >= 4 is 23.2 Å². The summed E-state index contributed by atoms with van der Waals surface area (Å²) in [6.45, 7) is 0. The van der Waals surface area contributed by atoms with Crippen molar-refractivity contribution in [2.75, 3.05) is 0 Å². The van der Waals surface area contributed by atoms with Gasteiger partial charge in [-0.1, -0.05) is 29.3 Å². The Labute approximate surface area is 123 Å². The van der Waals surface area contributed by atoms with Crippen LogP contribution in [0.15, 0.2) is 18.2 Å². The fourth-order valence-electron chi connectivity index (χ4n) is 4.95. The van der Waals surface area contributed by atoms with Crippen molar-refractivity contribution in [2.45, 2.75) is 31.8 Å². The highest BCUT2D eigenvalue weighted by atomic mass is 35.5. The van der Waals surface area contributed by atoms with Crippen LogP contribution in [-0.4, -0.2) is 11.2 Å². The molecule has 3 heteroatoms. The Bertz CT molecular complexity index is 499. The van der Waals surface area contributed by atoms with E-state index < -0.39 is 0 Å². The number of fused-ring (bicyclic) bond motifs is 5. The van der Waals surface area contributed by atoms with E-state index in [4.69, 9.17) is 23.2 Å². The highest BCUT2D eigenvalue weighted by Gasteiger charge is 2.66. The lowest BCUT2D eigenvalue weighted by molar-refractivity contribution is 0.129. The first-order chi connectivity index (χ1) is 9.15. The van der Waals surface area contributed by atoms with Crippen LogP contribution in [0.5, 0.6) is 0 Å². The normalized spacial score (nSPS) is 40.3. The van der Waals surface area contributed by atoms with Crippen LogP contribution in [-0.2, 0) is 6.42 Å². The Morgan fingerprint density at radius 1 is 1.11 bits per heavy atom. The Balaban J connectivity index is 1.45. The van der Waals surface area contributed by atoms with Crippen LogP contribution in [0.25, 0.3) is 0 Å². The van der Waals surface area contributed by atoms with Gasteiger partial charge in [-0.2, -0.15) is 0 Å². The van der Waals surface area contributed by atoms with E-state index >= 15 is 0 Å². The zero-order valence-electron chi connectivity index (χ0n) is 10.7. The number of rotatable bonds is 3. The molecular formula is C16H18Cl2O. The molecule has 1 aromatic rings. The number of halogens is 2. The Morgan fingerprint density at radius 2 is 1.79 bits per heavy atom. The van der Waals surface area contributed by atoms with Crippen molar-refractivity contribution in [3.8, 4) is 0 Å². The summed E-state index contributed by atoms with van der Waals surface area (Å²) in [4.78, 5) is 0. The predicted octanol–water partition coefficient (Wildman–Crippen LogP) is 4.19. The topological polar surface area (TPSA) is 20.2 Å². The minimum absolute atomic E-state index is 0.198. The molecule has 102 valence electrons. The standard InChI is InChI=1S/C16H18Cl2O/c17-11-4-1-8(5-12(11)18)6-13(19)16-14-9-2-3-10(7-9)15(14)16/h1,4-5,9-10,13-16,19H,2-3,6-7H2. The largest absolute Gasteiger partial charge is 0.392 e. The second-order valence-electron chi connectivity index (χ2n) is 6.59. The van der Waals surface area contributed by atoms with E-state index in [9.17, 15) is 5.11 Å². The van der Waals surface area contributed by atoms with Gasteiger partial charge in [0.15, 0.2) is 0 Å². The molecule has 1 N–H and O–H groups in total. The zero-order chi connectivity index (χ0) is 13.1.